The fourth-order valence-corrected chi connectivity index (χ4v) is 1.53. The Labute approximate surface area is 86.4 Å². The predicted molar refractivity (Wildman–Crippen MR) is 57.8 cm³/mol. The molecule has 3 N–H and O–H groups in total. The maximum Gasteiger partial charge on any atom is 0.237 e. The molecule has 0 aromatic carbocycles. The molecule has 3 heteroatoms. The van der Waals surface area contributed by atoms with Crippen LogP contribution in [0.2, 0.25) is 0 Å². The minimum absolute atomic E-state index is 0.000255. The first-order valence-corrected chi connectivity index (χ1v) is 5.54. The van der Waals surface area contributed by atoms with Crippen LogP contribution < -0.4 is 11.1 Å². The van der Waals surface area contributed by atoms with Crippen LogP contribution >= 0.6 is 0 Å². The number of carbonyl (C=O) groups is 1. The maximum atomic E-state index is 11.5. The summed E-state index contributed by atoms with van der Waals surface area (Å²) in [4.78, 5) is 11.5. The minimum atomic E-state index is -0.359. The molecule has 0 heterocycles. The lowest BCUT2D eigenvalue weighted by molar-refractivity contribution is -0.123. The van der Waals surface area contributed by atoms with Crippen LogP contribution in [-0.4, -0.2) is 18.5 Å². The summed E-state index contributed by atoms with van der Waals surface area (Å²) in [6.45, 7) is 6.93. The first-order valence-electron chi connectivity index (χ1n) is 5.54. The van der Waals surface area contributed by atoms with Gasteiger partial charge in [-0.2, -0.15) is 0 Å². The molecule has 1 amide bonds. The third-order valence-electron chi connectivity index (χ3n) is 3.37. The third-order valence-corrected chi connectivity index (χ3v) is 3.37. The van der Waals surface area contributed by atoms with Crippen molar-refractivity contribution in [1.29, 1.82) is 0 Å². The van der Waals surface area contributed by atoms with Gasteiger partial charge in [0, 0.05) is 6.54 Å². The van der Waals surface area contributed by atoms with Gasteiger partial charge in [-0.05, 0) is 30.6 Å². The molecule has 1 aliphatic rings. The second-order valence-corrected chi connectivity index (χ2v) is 4.84. The van der Waals surface area contributed by atoms with Gasteiger partial charge in [-0.25, -0.2) is 0 Å². The SMILES string of the molecule is CCC1(CNC(=O)C(N)C(C)C)CC1. The van der Waals surface area contributed by atoms with Crippen LogP contribution in [0.25, 0.3) is 0 Å². The van der Waals surface area contributed by atoms with Crippen LogP contribution in [0.1, 0.15) is 40.0 Å². The molecule has 0 radical (unpaired) electrons. The summed E-state index contributed by atoms with van der Waals surface area (Å²) in [5, 5.41) is 2.95. The topological polar surface area (TPSA) is 55.1 Å². The molecule has 1 atom stereocenters. The van der Waals surface area contributed by atoms with Crippen LogP contribution in [0.5, 0.6) is 0 Å². The molecule has 1 unspecified atom stereocenters. The zero-order chi connectivity index (χ0) is 10.8. The molecule has 1 rings (SSSR count). The highest BCUT2D eigenvalue weighted by atomic mass is 16.2. The highest BCUT2D eigenvalue weighted by Gasteiger charge is 2.40. The summed E-state index contributed by atoms with van der Waals surface area (Å²) in [6.07, 6.45) is 3.66. The lowest BCUT2D eigenvalue weighted by Gasteiger charge is -2.18. The van der Waals surface area contributed by atoms with E-state index in [2.05, 4.69) is 12.2 Å². The fourth-order valence-electron chi connectivity index (χ4n) is 1.53. The van der Waals surface area contributed by atoms with Gasteiger partial charge in [-0.15, -0.1) is 0 Å². The van der Waals surface area contributed by atoms with Gasteiger partial charge in [0.05, 0.1) is 6.04 Å². The average Bonchev–Trinajstić information content (AvgIpc) is 2.93. The number of hydrogen-bond acceptors (Lipinski definition) is 2. The summed E-state index contributed by atoms with van der Waals surface area (Å²) in [7, 11) is 0. The van der Waals surface area contributed by atoms with Gasteiger partial charge in [-0.3, -0.25) is 4.79 Å². The first-order chi connectivity index (χ1) is 6.51. The zero-order valence-corrected chi connectivity index (χ0v) is 9.47. The number of carbonyl (C=O) groups excluding carboxylic acids is 1. The minimum Gasteiger partial charge on any atom is -0.354 e. The summed E-state index contributed by atoms with van der Waals surface area (Å²) in [5.41, 5.74) is 6.15. The Morgan fingerprint density at radius 2 is 2.07 bits per heavy atom. The van der Waals surface area contributed by atoms with Crippen molar-refractivity contribution < 1.29 is 4.79 Å². The highest BCUT2D eigenvalue weighted by Crippen LogP contribution is 2.47. The summed E-state index contributed by atoms with van der Waals surface area (Å²) >= 11 is 0. The molecule has 0 bridgehead atoms. The van der Waals surface area contributed by atoms with Crippen molar-refractivity contribution in [2.24, 2.45) is 17.1 Å². The van der Waals surface area contributed by atoms with Gasteiger partial charge in [0.2, 0.25) is 5.91 Å². The van der Waals surface area contributed by atoms with Crippen molar-refractivity contribution in [3.8, 4) is 0 Å². The van der Waals surface area contributed by atoms with Gasteiger partial charge in [0.1, 0.15) is 0 Å². The van der Waals surface area contributed by atoms with Crippen LogP contribution in [0.15, 0.2) is 0 Å². The van der Waals surface area contributed by atoms with Crippen molar-refractivity contribution >= 4 is 5.91 Å². The molecule has 0 aromatic heterocycles. The second-order valence-electron chi connectivity index (χ2n) is 4.84. The van der Waals surface area contributed by atoms with Crippen molar-refractivity contribution in [3.05, 3.63) is 0 Å². The highest BCUT2D eigenvalue weighted by molar-refractivity contribution is 5.81. The second kappa shape index (κ2) is 4.30. The monoisotopic (exact) mass is 198 g/mol. The van der Waals surface area contributed by atoms with Gasteiger partial charge >= 0.3 is 0 Å². The van der Waals surface area contributed by atoms with Gasteiger partial charge in [0.25, 0.3) is 0 Å². The number of amides is 1. The quantitative estimate of drug-likeness (QED) is 0.699. The van der Waals surface area contributed by atoms with Crippen LogP contribution in [0.4, 0.5) is 0 Å². The molecule has 0 aromatic rings. The first kappa shape index (κ1) is 11.5. The number of nitrogens with two attached hydrogens (primary N) is 1. The predicted octanol–water partition coefficient (Wildman–Crippen LogP) is 1.28. The molecule has 3 nitrogen and oxygen atoms in total. The average molecular weight is 198 g/mol. The van der Waals surface area contributed by atoms with Crippen molar-refractivity contribution in [3.63, 3.8) is 0 Å². The van der Waals surface area contributed by atoms with E-state index in [4.69, 9.17) is 5.73 Å². The van der Waals surface area contributed by atoms with E-state index in [0.717, 1.165) is 13.0 Å². The summed E-state index contributed by atoms with van der Waals surface area (Å²) < 4.78 is 0. The Morgan fingerprint density at radius 1 is 1.50 bits per heavy atom. The van der Waals surface area contributed by atoms with E-state index >= 15 is 0 Å². The van der Waals surface area contributed by atoms with E-state index in [-0.39, 0.29) is 17.9 Å². The molecule has 82 valence electrons. The van der Waals surface area contributed by atoms with E-state index in [1.165, 1.54) is 12.8 Å². The molecule has 0 aliphatic heterocycles. The number of hydrogen-bond donors (Lipinski definition) is 2. The van der Waals surface area contributed by atoms with E-state index < -0.39 is 0 Å². The van der Waals surface area contributed by atoms with Crippen molar-refractivity contribution in [2.75, 3.05) is 6.54 Å². The molecular weight excluding hydrogens is 176 g/mol. The maximum absolute atomic E-state index is 11.5. The molecule has 0 spiro atoms. The number of nitrogens with one attached hydrogen (secondary N) is 1. The molecule has 0 saturated heterocycles. The van der Waals surface area contributed by atoms with E-state index in [9.17, 15) is 4.79 Å². The fraction of sp³-hybridized carbons (Fsp3) is 0.909. The van der Waals surface area contributed by atoms with Crippen LogP contribution in [-0.2, 0) is 4.79 Å². The normalized spacial score (nSPS) is 20.6. The molecular formula is C11H22N2O. The molecule has 1 fully saturated rings. The van der Waals surface area contributed by atoms with Crippen LogP contribution in [0, 0.1) is 11.3 Å². The Kier molecular flexibility index (Phi) is 3.53. The Bertz CT molecular complexity index is 209. The summed E-state index contributed by atoms with van der Waals surface area (Å²) in [6, 6.07) is -0.359. The van der Waals surface area contributed by atoms with Crippen molar-refractivity contribution in [1.82, 2.24) is 5.32 Å². The lowest BCUT2D eigenvalue weighted by Crippen LogP contribution is -2.45. The largest absolute Gasteiger partial charge is 0.354 e. The molecule has 1 aliphatic carbocycles. The van der Waals surface area contributed by atoms with Crippen molar-refractivity contribution in [2.45, 2.75) is 46.1 Å². The van der Waals surface area contributed by atoms with E-state index in [1.807, 2.05) is 13.8 Å². The zero-order valence-electron chi connectivity index (χ0n) is 9.47. The lowest BCUT2D eigenvalue weighted by atomic mass is 10.0. The molecule has 1 saturated carbocycles. The Morgan fingerprint density at radius 3 is 2.43 bits per heavy atom. The smallest absolute Gasteiger partial charge is 0.237 e. The summed E-state index contributed by atoms with van der Waals surface area (Å²) in [5.74, 6) is 0.214. The van der Waals surface area contributed by atoms with Gasteiger partial charge in [0.15, 0.2) is 0 Å². The Balaban J connectivity index is 2.28. The Hall–Kier alpha value is -0.570. The van der Waals surface area contributed by atoms with E-state index in [1.54, 1.807) is 0 Å². The standard InChI is InChI=1S/C11H22N2O/c1-4-11(5-6-11)7-13-10(14)9(12)8(2)3/h8-9H,4-7,12H2,1-3H3,(H,13,14). The number of rotatable bonds is 5. The van der Waals surface area contributed by atoms with E-state index in [0.29, 0.717) is 5.41 Å². The third kappa shape index (κ3) is 2.71. The molecule has 14 heavy (non-hydrogen) atoms. The van der Waals surface area contributed by atoms with Gasteiger partial charge in [-0.1, -0.05) is 20.8 Å². The van der Waals surface area contributed by atoms with Crippen LogP contribution in [0.3, 0.4) is 0 Å². The van der Waals surface area contributed by atoms with Gasteiger partial charge < -0.3 is 11.1 Å².